The van der Waals surface area contributed by atoms with Gasteiger partial charge in [-0.15, -0.1) is 0 Å². The van der Waals surface area contributed by atoms with Crippen LogP contribution in [0.3, 0.4) is 0 Å². The second-order valence-corrected chi connectivity index (χ2v) is 7.18. The third-order valence-electron chi connectivity index (χ3n) is 5.20. The number of carbonyl (C=O) groups is 2. The molecule has 2 heterocycles. The van der Waals surface area contributed by atoms with Gasteiger partial charge in [-0.1, -0.05) is 30.3 Å². The molecule has 0 aliphatic carbocycles. The van der Waals surface area contributed by atoms with E-state index in [9.17, 15) is 9.59 Å². The molecule has 6 heteroatoms. The van der Waals surface area contributed by atoms with Crippen LogP contribution in [-0.2, 0) is 0 Å². The first kappa shape index (κ1) is 18.1. The fourth-order valence-electron chi connectivity index (χ4n) is 3.87. The minimum absolute atomic E-state index is 0.0103. The van der Waals surface area contributed by atoms with E-state index < -0.39 is 0 Å². The van der Waals surface area contributed by atoms with E-state index in [1.807, 2.05) is 48.2 Å². The van der Waals surface area contributed by atoms with Gasteiger partial charge in [0, 0.05) is 31.1 Å². The van der Waals surface area contributed by atoms with Gasteiger partial charge in [0.15, 0.2) is 0 Å². The van der Waals surface area contributed by atoms with Gasteiger partial charge >= 0.3 is 6.03 Å². The molecule has 6 nitrogen and oxygen atoms in total. The highest BCUT2D eigenvalue weighted by Crippen LogP contribution is 2.37. The third-order valence-corrected chi connectivity index (χ3v) is 5.20. The molecule has 3 amide bonds. The number of hydrogen-bond donors (Lipinski definition) is 3. The molecule has 144 valence electrons. The molecule has 2 aromatic carbocycles. The van der Waals surface area contributed by atoms with E-state index in [1.165, 1.54) is 0 Å². The summed E-state index contributed by atoms with van der Waals surface area (Å²) in [5, 5.41) is 6.38. The van der Waals surface area contributed by atoms with Gasteiger partial charge in [0.1, 0.15) is 5.69 Å². The van der Waals surface area contributed by atoms with Crippen molar-refractivity contribution in [2.24, 2.45) is 0 Å². The van der Waals surface area contributed by atoms with Gasteiger partial charge in [0.2, 0.25) is 0 Å². The van der Waals surface area contributed by atoms with E-state index in [4.69, 9.17) is 0 Å². The Morgan fingerprint density at radius 3 is 2.46 bits per heavy atom. The number of aryl methyl sites for hydroxylation is 1. The van der Waals surface area contributed by atoms with Crippen molar-refractivity contribution in [1.82, 2.24) is 15.2 Å². The molecule has 4 rings (SSSR count). The lowest BCUT2D eigenvalue weighted by atomic mass is 9.99. The molecule has 1 aliphatic heterocycles. The molecular weight excluding hydrogens is 352 g/mol. The number of anilines is 1. The molecule has 0 bridgehead atoms. The highest BCUT2D eigenvalue weighted by Gasteiger charge is 2.26. The van der Waals surface area contributed by atoms with Crippen LogP contribution in [0.15, 0.2) is 42.5 Å². The predicted molar refractivity (Wildman–Crippen MR) is 112 cm³/mol. The number of hydrogen-bond acceptors (Lipinski definition) is 2. The maximum Gasteiger partial charge on any atom is 0.319 e. The summed E-state index contributed by atoms with van der Waals surface area (Å²) in [5.41, 5.74) is 4.87. The lowest BCUT2D eigenvalue weighted by Gasteiger charge is -2.15. The molecule has 1 aliphatic rings. The Morgan fingerprint density at radius 1 is 1.07 bits per heavy atom. The van der Waals surface area contributed by atoms with Crippen LogP contribution in [0.4, 0.5) is 10.5 Å². The van der Waals surface area contributed by atoms with Gasteiger partial charge < -0.3 is 20.5 Å². The van der Waals surface area contributed by atoms with Gasteiger partial charge in [-0.25, -0.2) is 4.79 Å². The Labute approximate surface area is 163 Å². The average molecular weight is 376 g/mol. The second-order valence-electron chi connectivity index (χ2n) is 7.18. The molecule has 1 aromatic heterocycles. The smallest absolute Gasteiger partial charge is 0.319 e. The quantitative estimate of drug-likeness (QED) is 0.643. The van der Waals surface area contributed by atoms with E-state index in [2.05, 4.69) is 21.7 Å². The lowest BCUT2D eigenvalue weighted by Crippen LogP contribution is -2.28. The first-order chi connectivity index (χ1) is 13.6. The summed E-state index contributed by atoms with van der Waals surface area (Å²) in [4.78, 5) is 30.4. The molecule has 28 heavy (non-hydrogen) atoms. The Kier molecular flexibility index (Phi) is 4.77. The van der Waals surface area contributed by atoms with Crippen LogP contribution in [0.5, 0.6) is 0 Å². The van der Waals surface area contributed by atoms with Crippen LogP contribution in [0, 0.1) is 6.92 Å². The number of aromatic nitrogens is 1. The molecule has 0 spiro atoms. The number of benzene rings is 2. The summed E-state index contributed by atoms with van der Waals surface area (Å²) < 4.78 is 0. The van der Waals surface area contributed by atoms with Gasteiger partial charge in [-0.05, 0) is 43.0 Å². The Hall–Kier alpha value is -3.28. The number of likely N-dealkylation sites (tertiary alicyclic amines) is 1. The van der Waals surface area contributed by atoms with Gasteiger partial charge in [0.25, 0.3) is 5.91 Å². The number of amides is 3. The summed E-state index contributed by atoms with van der Waals surface area (Å²) in [6, 6.07) is 13.6. The summed E-state index contributed by atoms with van der Waals surface area (Å²) in [6.45, 7) is 3.55. The minimum Gasteiger partial charge on any atom is -0.348 e. The van der Waals surface area contributed by atoms with Crippen molar-refractivity contribution in [3.63, 3.8) is 0 Å². The minimum atomic E-state index is -0.296. The first-order valence-electron chi connectivity index (χ1n) is 9.58. The molecular formula is C22H24N4O2. The zero-order chi connectivity index (χ0) is 19.7. The summed E-state index contributed by atoms with van der Waals surface area (Å²) in [7, 11) is 1.58. The van der Waals surface area contributed by atoms with Crippen molar-refractivity contribution in [3.05, 3.63) is 53.7 Å². The van der Waals surface area contributed by atoms with E-state index in [0.717, 1.165) is 53.5 Å². The van der Waals surface area contributed by atoms with Crippen molar-refractivity contribution < 1.29 is 9.59 Å². The number of urea groups is 1. The maximum atomic E-state index is 13.3. The number of H-pyrrole nitrogens is 1. The number of aromatic amines is 1. The van der Waals surface area contributed by atoms with Crippen molar-refractivity contribution in [2.45, 2.75) is 19.8 Å². The third kappa shape index (κ3) is 3.22. The fraction of sp³-hybridized carbons (Fsp3) is 0.273. The predicted octanol–water partition coefficient (Wildman–Crippen LogP) is 4.13. The number of carbonyl (C=O) groups excluding carboxylic acids is 2. The van der Waals surface area contributed by atoms with Crippen LogP contribution < -0.4 is 10.6 Å². The Morgan fingerprint density at radius 2 is 1.79 bits per heavy atom. The van der Waals surface area contributed by atoms with Crippen LogP contribution >= 0.6 is 0 Å². The highest BCUT2D eigenvalue weighted by atomic mass is 16.2. The molecule has 1 fully saturated rings. The van der Waals surface area contributed by atoms with E-state index in [-0.39, 0.29) is 11.9 Å². The fourth-order valence-corrected chi connectivity index (χ4v) is 3.87. The SMILES string of the molecule is CNC(=O)Nc1cc(C)cc2c(-c3ccccc3)c(C(=O)N3CCCC3)[nH]c12. The Balaban J connectivity index is 1.95. The summed E-state index contributed by atoms with van der Waals surface area (Å²) in [5.74, 6) is 0.0103. The largest absolute Gasteiger partial charge is 0.348 e. The molecule has 3 N–H and O–H groups in total. The van der Waals surface area contributed by atoms with Crippen molar-refractivity contribution >= 4 is 28.5 Å². The number of fused-ring (bicyclic) bond motifs is 1. The van der Waals surface area contributed by atoms with Crippen LogP contribution in [0.25, 0.3) is 22.0 Å². The molecule has 0 saturated carbocycles. The van der Waals surface area contributed by atoms with Crippen molar-refractivity contribution in [2.75, 3.05) is 25.5 Å². The molecule has 0 atom stereocenters. The Bertz CT molecular complexity index is 1030. The van der Waals surface area contributed by atoms with Crippen LogP contribution in [-0.4, -0.2) is 42.0 Å². The van der Waals surface area contributed by atoms with Gasteiger partial charge in [-0.2, -0.15) is 0 Å². The standard InChI is InChI=1S/C22H24N4O2/c1-14-12-16-18(15-8-4-3-5-9-15)20(21(27)26-10-6-7-11-26)25-19(16)17(13-14)24-22(28)23-2/h3-5,8-9,12-13,25H,6-7,10-11H2,1-2H3,(H2,23,24,28). The molecule has 0 radical (unpaired) electrons. The van der Waals surface area contributed by atoms with Crippen LogP contribution in [0.2, 0.25) is 0 Å². The zero-order valence-corrected chi connectivity index (χ0v) is 16.1. The van der Waals surface area contributed by atoms with E-state index in [1.54, 1.807) is 7.05 Å². The number of nitrogens with zero attached hydrogens (tertiary/aromatic N) is 1. The first-order valence-corrected chi connectivity index (χ1v) is 9.58. The molecule has 0 unspecified atom stereocenters. The van der Waals surface area contributed by atoms with E-state index >= 15 is 0 Å². The summed E-state index contributed by atoms with van der Waals surface area (Å²) in [6.07, 6.45) is 2.07. The average Bonchev–Trinajstić information content (AvgIpc) is 3.36. The number of nitrogens with one attached hydrogen (secondary N) is 3. The molecule has 3 aromatic rings. The molecule has 1 saturated heterocycles. The summed E-state index contributed by atoms with van der Waals surface area (Å²) >= 11 is 0. The monoisotopic (exact) mass is 376 g/mol. The topological polar surface area (TPSA) is 77.2 Å². The normalized spacial score (nSPS) is 13.7. The zero-order valence-electron chi connectivity index (χ0n) is 16.1. The van der Waals surface area contributed by atoms with Gasteiger partial charge in [0.05, 0.1) is 11.2 Å². The highest BCUT2D eigenvalue weighted by molar-refractivity contribution is 6.13. The van der Waals surface area contributed by atoms with Gasteiger partial charge in [-0.3, -0.25) is 4.79 Å². The van der Waals surface area contributed by atoms with Crippen molar-refractivity contribution in [1.29, 1.82) is 0 Å². The second kappa shape index (κ2) is 7.38. The lowest BCUT2D eigenvalue weighted by molar-refractivity contribution is 0.0789. The van der Waals surface area contributed by atoms with E-state index in [0.29, 0.717) is 11.4 Å². The van der Waals surface area contributed by atoms with Crippen LogP contribution in [0.1, 0.15) is 28.9 Å². The number of rotatable bonds is 3. The maximum absolute atomic E-state index is 13.3. The van der Waals surface area contributed by atoms with Crippen molar-refractivity contribution in [3.8, 4) is 11.1 Å².